The summed E-state index contributed by atoms with van der Waals surface area (Å²) < 4.78 is 5.20. The van der Waals surface area contributed by atoms with E-state index in [2.05, 4.69) is 0 Å². The van der Waals surface area contributed by atoms with Gasteiger partial charge in [0.15, 0.2) is 0 Å². The number of aliphatic carboxylic acids is 1. The van der Waals surface area contributed by atoms with E-state index >= 15 is 0 Å². The maximum absolute atomic E-state index is 12.4. The van der Waals surface area contributed by atoms with E-state index in [9.17, 15) is 9.59 Å². The molecular formula is C13H17NO4S. The van der Waals surface area contributed by atoms with Gasteiger partial charge in [0.2, 0.25) is 0 Å². The first-order valence-corrected chi connectivity index (χ1v) is 7.08. The van der Waals surface area contributed by atoms with Crippen LogP contribution in [-0.4, -0.2) is 48.2 Å². The lowest BCUT2D eigenvalue weighted by Crippen LogP contribution is -2.44. The second-order valence-electron chi connectivity index (χ2n) is 4.59. The Kier molecular flexibility index (Phi) is 4.21. The van der Waals surface area contributed by atoms with Crippen molar-refractivity contribution in [3.8, 4) is 0 Å². The minimum absolute atomic E-state index is 0.117. The van der Waals surface area contributed by atoms with Crippen molar-refractivity contribution in [2.24, 2.45) is 5.92 Å². The second kappa shape index (κ2) is 5.71. The highest BCUT2D eigenvalue weighted by molar-refractivity contribution is 7.12. The number of amides is 1. The van der Waals surface area contributed by atoms with Crippen molar-refractivity contribution < 1.29 is 19.4 Å². The molecule has 1 saturated heterocycles. The van der Waals surface area contributed by atoms with E-state index in [1.165, 1.54) is 16.2 Å². The van der Waals surface area contributed by atoms with Crippen molar-refractivity contribution in [2.45, 2.75) is 19.4 Å². The monoisotopic (exact) mass is 283 g/mol. The van der Waals surface area contributed by atoms with Crippen LogP contribution in [0.15, 0.2) is 11.4 Å². The number of rotatable bonds is 4. The van der Waals surface area contributed by atoms with E-state index in [0.717, 1.165) is 12.0 Å². The molecule has 1 aromatic heterocycles. The van der Waals surface area contributed by atoms with Crippen molar-refractivity contribution in [2.75, 3.05) is 20.3 Å². The Labute approximate surface area is 115 Å². The van der Waals surface area contributed by atoms with Gasteiger partial charge in [-0.25, -0.2) is 0 Å². The summed E-state index contributed by atoms with van der Waals surface area (Å²) in [6.45, 7) is 2.45. The summed E-state index contributed by atoms with van der Waals surface area (Å²) in [6.07, 6.45) is 0.794. The second-order valence-corrected chi connectivity index (χ2v) is 5.51. The summed E-state index contributed by atoms with van der Waals surface area (Å²) >= 11 is 1.40. The van der Waals surface area contributed by atoms with Gasteiger partial charge in [-0.05, 0) is 23.4 Å². The van der Waals surface area contributed by atoms with Crippen molar-refractivity contribution >= 4 is 23.2 Å². The number of ether oxygens (including phenoxy) is 1. The maximum atomic E-state index is 12.4. The largest absolute Gasteiger partial charge is 0.481 e. The van der Waals surface area contributed by atoms with Crippen molar-refractivity contribution in [3.05, 3.63) is 21.9 Å². The Hall–Kier alpha value is -1.40. The topological polar surface area (TPSA) is 66.8 Å². The zero-order valence-electron chi connectivity index (χ0n) is 11.0. The summed E-state index contributed by atoms with van der Waals surface area (Å²) in [5.74, 6) is -1.67. The third-order valence-electron chi connectivity index (χ3n) is 3.51. The molecule has 0 spiro atoms. The van der Waals surface area contributed by atoms with Crippen LogP contribution >= 0.6 is 11.3 Å². The highest BCUT2D eigenvalue weighted by Gasteiger charge is 2.39. The van der Waals surface area contributed by atoms with Gasteiger partial charge in [0, 0.05) is 7.05 Å². The zero-order chi connectivity index (χ0) is 14.0. The number of carboxylic acids is 1. The molecule has 0 aromatic carbocycles. The lowest BCUT2D eigenvalue weighted by molar-refractivity contribution is -0.142. The number of carbonyl (C=O) groups excluding carboxylic acids is 1. The van der Waals surface area contributed by atoms with Gasteiger partial charge in [-0.1, -0.05) is 6.92 Å². The molecule has 1 N–H and O–H groups in total. The summed E-state index contributed by atoms with van der Waals surface area (Å²) in [7, 11) is 1.65. The average molecular weight is 283 g/mol. The number of aryl methyl sites for hydroxylation is 1. The van der Waals surface area contributed by atoms with E-state index in [0.29, 0.717) is 4.88 Å². The summed E-state index contributed by atoms with van der Waals surface area (Å²) in [5.41, 5.74) is 1.01. The number of hydrogen-bond acceptors (Lipinski definition) is 4. The van der Waals surface area contributed by atoms with Crippen LogP contribution in [0.1, 0.15) is 22.2 Å². The molecule has 6 heteroatoms. The lowest BCUT2D eigenvalue weighted by Gasteiger charge is -2.26. The highest BCUT2D eigenvalue weighted by Crippen LogP contribution is 2.24. The summed E-state index contributed by atoms with van der Waals surface area (Å²) in [4.78, 5) is 25.8. The number of nitrogens with zero attached hydrogens (tertiary/aromatic N) is 1. The molecule has 2 unspecified atom stereocenters. The minimum atomic E-state index is -0.913. The van der Waals surface area contributed by atoms with Crippen molar-refractivity contribution in [1.29, 1.82) is 0 Å². The molecule has 0 saturated carbocycles. The van der Waals surface area contributed by atoms with E-state index in [4.69, 9.17) is 9.84 Å². The molecule has 2 heterocycles. The molecule has 2 atom stereocenters. The SMILES string of the molecule is CCc1ccsc1C(=O)N(C)C1COCC1C(=O)O. The fourth-order valence-corrected chi connectivity index (χ4v) is 3.25. The molecule has 1 aromatic rings. The molecule has 5 nitrogen and oxygen atoms in total. The lowest BCUT2D eigenvalue weighted by atomic mass is 10.0. The molecule has 19 heavy (non-hydrogen) atoms. The van der Waals surface area contributed by atoms with Gasteiger partial charge in [-0.15, -0.1) is 11.3 Å². The fraction of sp³-hybridized carbons (Fsp3) is 0.538. The molecule has 1 fully saturated rings. The zero-order valence-corrected chi connectivity index (χ0v) is 11.8. The van der Waals surface area contributed by atoms with Crippen LogP contribution in [0.25, 0.3) is 0 Å². The van der Waals surface area contributed by atoms with E-state index in [1.54, 1.807) is 7.05 Å². The Morgan fingerprint density at radius 2 is 2.26 bits per heavy atom. The number of hydrogen-bond donors (Lipinski definition) is 1. The first-order chi connectivity index (χ1) is 9.06. The highest BCUT2D eigenvalue weighted by atomic mass is 32.1. The van der Waals surface area contributed by atoms with Crippen LogP contribution in [0.4, 0.5) is 0 Å². The predicted molar refractivity (Wildman–Crippen MR) is 71.5 cm³/mol. The molecule has 0 radical (unpaired) electrons. The van der Waals surface area contributed by atoms with Gasteiger partial charge in [0.1, 0.15) is 5.92 Å². The maximum Gasteiger partial charge on any atom is 0.311 e. The molecule has 1 aliphatic heterocycles. The number of carboxylic acid groups (broad SMARTS) is 1. The summed E-state index contributed by atoms with van der Waals surface area (Å²) in [5, 5.41) is 11.0. The quantitative estimate of drug-likeness (QED) is 0.909. The Morgan fingerprint density at radius 1 is 1.53 bits per heavy atom. The minimum Gasteiger partial charge on any atom is -0.481 e. The molecule has 0 bridgehead atoms. The van der Waals surface area contributed by atoms with Gasteiger partial charge in [-0.3, -0.25) is 9.59 Å². The predicted octanol–water partition coefficient (Wildman–Crippen LogP) is 1.48. The first-order valence-electron chi connectivity index (χ1n) is 6.20. The normalized spacial score (nSPS) is 22.4. The van der Waals surface area contributed by atoms with Crippen LogP contribution in [0.5, 0.6) is 0 Å². The van der Waals surface area contributed by atoms with Gasteiger partial charge in [-0.2, -0.15) is 0 Å². The van der Waals surface area contributed by atoms with Crippen LogP contribution in [0.3, 0.4) is 0 Å². The smallest absolute Gasteiger partial charge is 0.311 e. The Bertz CT molecular complexity index is 485. The molecule has 0 aliphatic carbocycles. The Balaban J connectivity index is 2.17. The van der Waals surface area contributed by atoms with Gasteiger partial charge >= 0.3 is 5.97 Å². The summed E-state index contributed by atoms with van der Waals surface area (Å²) in [6, 6.07) is 1.54. The van der Waals surface area contributed by atoms with Crippen LogP contribution in [-0.2, 0) is 16.0 Å². The average Bonchev–Trinajstić information content (AvgIpc) is 3.04. The third-order valence-corrected chi connectivity index (χ3v) is 4.45. The van der Waals surface area contributed by atoms with Gasteiger partial charge in [0.05, 0.1) is 24.1 Å². The standard InChI is InChI=1S/C13H17NO4S/c1-3-8-4-5-19-11(8)12(15)14(2)10-7-18-6-9(10)13(16)17/h4-5,9-10H,3,6-7H2,1-2H3,(H,16,17). The van der Waals surface area contributed by atoms with Crippen molar-refractivity contribution in [3.63, 3.8) is 0 Å². The van der Waals surface area contributed by atoms with Gasteiger partial charge < -0.3 is 14.7 Å². The number of thiophene rings is 1. The van der Waals surface area contributed by atoms with Crippen LogP contribution < -0.4 is 0 Å². The number of likely N-dealkylation sites (N-methyl/N-ethyl adjacent to an activating group) is 1. The Morgan fingerprint density at radius 3 is 2.89 bits per heavy atom. The van der Waals surface area contributed by atoms with Crippen molar-refractivity contribution in [1.82, 2.24) is 4.90 Å². The van der Waals surface area contributed by atoms with Crippen LogP contribution in [0.2, 0.25) is 0 Å². The van der Waals surface area contributed by atoms with Gasteiger partial charge in [0.25, 0.3) is 5.91 Å². The molecule has 1 aliphatic rings. The van der Waals surface area contributed by atoms with E-state index < -0.39 is 17.9 Å². The molecule has 104 valence electrons. The molecule has 2 rings (SSSR count). The van der Waals surface area contributed by atoms with E-state index in [-0.39, 0.29) is 19.1 Å². The number of carbonyl (C=O) groups is 2. The van der Waals surface area contributed by atoms with Crippen LogP contribution in [0, 0.1) is 5.92 Å². The molecule has 1 amide bonds. The molecular weight excluding hydrogens is 266 g/mol. The first kappa shape index (κ1) is 14.0. The van der Waals surface area contributed by atoms with E-state index in [1.807, 2.05) is 18.4 Å². The fourth-order valence-electron chi connectivity index (χ4n) is 2.27. The third kappa shape index (κ3) is 2.64.